The molecule has 1 N–H and O–H groups in total. The quantitative estimate of drug-likeness (QED) is 0.785. The van der Waals surface area contributed by atoms with Crippen molar-refractivity contribution >= 4 is 21.8 Å². The van der Waals surface area contributed by atoms with E-state index in [2.05, 4.69) is 28.2 Å². The zero-order valence-electron chi connectivity index (χ0n) is 9.34. The number of hydrogen-bond donors (Lipinski definition) is 1. The number of fused-ring (bicyclic) bond motifs is 2. The fraction of sp³-hybridized carbons (Fsp3) is 0.917. The average Bonchev–Trinajstić information content (AvgIpc) is 2.76. The molecule has 0 aliphatic heterocycles. The van der Waals surface area contributed by atoms with Crippen LogP contribution in [-0.4, -0.2) is 17.3 Å². The number of carbonyl (C=O) groups excluding carboxylic acids is 1. The molecule has 0 aromatic rings. The second kappa shape index (κ2) is 4.86. The molecule has 4 unspecified atom stereocenters. The predicted molar refractivity (Wildman–Crippen MR) is 65.0 cm³/mol. The molecule has 2 rings (SSSR count). The molecule has 86 valence electrons. The van der Waals surface area contributed by atoms with Gasteiger partial charge >= 0.3 is 0 Å². The maximum atomic E-state index is 11.6. The molecular formula is C12H20BrNO. The van der Waals surface area contributed by atoms with Gasteiger partial charge in [-0.15, -0.1) is 0 Å². The van der Waals surface area contributed by atoms with Crippen LogP contribution < -0.4 is 5.32 Å². The third-order valence-electron chi connectivity index (χ3n) is 3.91. The molecule has 2 aliphatic rings. The maximum Gasteiger partial charge on any atom is 0.220 e. The Bertz CT molecular complexity index is 242. The van der Waals surface area contributed by atoms with E-state index in [0.29, 0.717) is 10.7 Å². The van der Waals surface area contributed by atoms with Gasteiger partial charge in [0.1, 0.15) is 0 Å². The van der Waals surface area contributed by atoms with Crippen molar-refractivity contribution < 1.29 is 4.79 Å². The smallest absolute Gasteiger partial charge is 0.220 e. The van der Waals surface area contributed by atoms with E-state index in [0.717, 1.165) is 24.8 Å². The van der Waals surface area contributed by atoms with Gasteiger partial charge in [-0.1, -0.05) is 29.3 Å². The van der Waals surface area contributed by atoms with Crippen LogP contribution in [0.2, 0.25) is 0 Å². The van der Waals surface area contributed by atoms with Crippen LogP contribution in [0.15, 0.2) is 0 Å². The zero-order chi connectivity index (χ0) is 10.8. The fourth-order valence-corrected chi connectivity index (χ4v) is 3.35. The summed E-state index contributed by atoms with van der Waals surface area (Å²) in [6.07, 6.45) is 6.26. The van der Waals surface area contributed by atoms with Crippen LogP contribution in [0.1, 0.15) is 39.0 Å². The third kappa shape index (κ3) is 2.96. The molecule has 3 heteroatoms. The van der Waals surface area contributed by atoms with E-state index in [1.54, 1.807) is 0 Å². The van der Waals surface area contributed by atoms with E-state index in [9.17, 15) is 4.79 Å². The van der Waals surface area contributed by atoms with E-state index in [1.165, 1.54) is 25.7 Å². The van der Waals surface area contributed by atoms with Gasteiger partial charge in [-0.3, -0.25) is 4.79 Å². The molecule has 0 heterocycles. The van der Waals surface area contributed by atoms with Gasteiger partial charge in [0.2, 0.25) is 5.91 Å². The first-order chi connectivity index (χ1) is 7.15. The van der Waals surface area contributed by atoms with Crippen molar-refractivity contribution in [1.29, 1.82) is 0 Å². The van der Waals surface area contributed by atoms with Gasteiger partial charge in [-0.2, -0.15) is 0 Å². The van der Waals surface area contributed by atoms with Gasteiger partial charge in [-0.05, 0) is 37.0 Å². The minimum atomic E-state index is 0.249. The van der Waals surface area contributed by atoms with Crippen molar-refractivity contribution in [3.05, 3.63) is 0 Å². The molecule has 2 fully saturated rings. The second-order valence-electron chi connectivity index (χ2n) is 5.22. The van der Waals surface area contributed by atoms with Crippen LogP contribution in [0.3, 0.4) is 0 Å². The van der Waals surface area contributed by atoms with Crippen molar-refractivity contribution in [2.75, 3.05) is 6.54 Å². The minimum absolute atomic E-state index is 0.249. The molecule has 2 aliphatic carbocycles. The molecular weight excluding hydrogens is 254 g/mol. The molecule has 15 heavy (non-hydrogen) atoms. The van der Waals surface area contributed by atoms with Crippen molar-refractivity contribution in [3.8, 4) is 0 Å². The molecule has 0 radical (unpaired) electrons. The molecule has 0 aromatic heterocycles. The number of halogens is 1. The van der Waals surface area contributed by atoms with Crippen molar-refractivity contribution in [3.63, 3.8) is 0 Å². The summed E-state index contributed by atoms with van der Waals surface area (Å²) in [6.45, 7) is 2.80. The van der Waals surface area contributed by atoms with E-state index >= 15 is 0 Å². The second-order valence-corrected chi connectivity index (χ2v) is 6.79. The van der Waals surface area contributed by atoms with Crippen LogP contribution >= 0.6 is 15.9 Å². The topological polar surface area (TPSA) is 29.1 Å². The maximum absolute atomic E-state index is 11.6. The van der Waals surface area contributed by atoms with Crippen LogP contribution in [-0.2, 0) is 4.79 Å². The molecule has 0 saturated heterocycles. The molecule has 2 nitrogen and oxygen atoms in total. The Morgan fingerprint density at radius 3 is 2.80 bits per heavy atom. The summed E-state index contributed by atoms with van der Waals surface area (Å²) in [5.74, 6) is 2.75. The zero-order valence-corrected chi connectivity index (χ0v) is 10.9. The molecule has 0 spiro atoms. The number of carbonyl (C=O) groups is 1. The predicted octanol–water partition coefficient (Wildman–Crippen LogP) is 2.71. The molecule has 0 aromatic carbocycles. The highest BCUT2D eigenvalue weighted by molar-refractivity contribution is 9.09. The Labute approximate surface area is 100 Å². The Morgan fingerprint density at radius 1 is 1.47 bits per heavy atom. The number of amides is 1. The van der Waals surface area contributed by atoms with Gasteiger partial charge in [0, 0.05) is 17.8 Å². The van der Waals surface area contributed by atoms with E-state index in [1.807, 2.05) is 0 Å². The summed E-state index contributed by atoms with van der Waals surface area (Å²) >= 11 is 3.43. The normalized spacial score (nSPS) is 35.5. The lowest BCUT2D eigenvalue weighted by Crippen LogP contribution is -2.30. The Hall–Kier alpha value is -0.0500. The average molecular weight is 274 g/mol. The minimum Gasteiger partial charge on any atom is -0.355 e. The Kier molecular flexibility index (Phi) is 3.70. The van der Waals surface area contributed by atoms with Gasteiger partial charge in [0.05, 0.1) is 0 Å². The lowest BCUT2D eigenvalue weighted by Gasteiger charge is -2.21. The van der Waals surface area contributed by atoms with E-state index < -0.39 is 0 Å². The van der Waals surface area contributed by atoms with Crippen molar-refractivity contribution in [2.24, 2.45) is 17.8 Å². The molecule has 4 atom stereocenters. The Morgan fingerprint density at radius 2 is 2.27 bits per heavy atom. The van der Waals surface area contributed by atoms with Gasteiger partial charge < -0.3 is 5.32 Å². The van der Waals surface area contributed by atoms with Crippen LogP contribution in [0.4, 0.5) is 0 Å². The first kappa shape index (κ1) is 11.4. The first-order valence-electron chi connectivity index (χ1n) is 6.06. The summed E-state index contributed by atoms with van der Waals surface area (Å²) < 4.78 is 0. The van der Waals surface area contributed by atoms with Crippen molar-refractivity contribution in [1.82, 2.24) is 5.32 Å². The Balaban J connectivity index is 1.71. The number of hydrogen-bond acceptors (Lipinski definition) is 1. The van der Waals surface area contributed by atoms with Gasteiger partial charge in [0.25, 0.3) is 0 Å². The van der Waals surface area contributed by atoms with Gasteiger partial charge in [0.15, 0.2) is 0 Å². The SMILES string of the molecule is CC(Br)CNC(=O)CC1CC2CCC1C2. The molecule has 1 amide bonds. The van der Waals surface area contributed by atoms with Crippen LogP contribution in [0.5, 0.6) is 0 Å². The lowest BCUT2D eigenvalue weighted by atomic mass is 9.86. The summed E-state index contributed by atoms with van der Waals surface area (Å²) in [4.78, 5) is 12.0. The van der Waals surface area contributed by atoms with Gasteiger partial charge in [-0.25, -0.2) is 0 Å². The standard InChI is InChI=1S/C12H20BrNO/c1-8(13)7-14-12(15)6-11-5-9-2-3-10(11)4-9/h8-11H,2-7H2,1H3,(H,14,15). The van der Waals surface area contributed by atoms with E-state index in [4.69, 9.17) is 0 Å². The molecule has 2 saturated carbocycles. The summed E-state index contributed by atoms with van der Waals surface area (Å²) in [5, 5.41) is 2.98. The highest BCUT2D eigenvalue weighted by Crippen LogP contribution is 2.49. The highest BCUT2D eigenvalue weighted by atomic mass is 79.9. The highest BCUT2D eigenvalue weighted by Gasteiger charge is 2.39. The monoisotopic (exact) mass is 273 g/mol. The first-order valence-corrected chi connectivity index (χ1v) is 6.97. The number of rotatable bonds is 4. The number of alkyl halides is 1. The summed E-state index contributed by atoms with van der Waals surface area (Å²) in [6, 6.07) is 0. The summed E-state index contributed by atoms with van der Waals surface area (Å²) in [7, 11) is 0. The summed E-state index contributed by atoms with van der Waals surface area (Å²) in [5.41, 5.74) is 0. The van der Waals surface area contributed by atoms with Crippen LogP contribution in [0, 0.1) is 17.8 Å². The molecule has 2 bridgehead atoms. The fourth-order valence-electron chi connectivity index (χ4n) is 3.19. The van der Waals surface area contributed by atoms with Crippen LogP contribution in [0.25, 0.3) is 0 Å². The largest absolute Gasteiger partial charge is 0.355 e. The van der Waals surface area contributed by atoms with E-state index in [-0.39, 0.29) is 5.91 Å². The lowest BCUT2D eigenvalue weighted by molar-refractivity contribution is -0.122. The van der Waals surface area contributed by atoms with Crippen molar-refractivity contribution in [2.45, 2.75) is 43.9 Å². The number of nitrogens with one attached hydrogen (secondary N) is 1. The third-order valence-corrected chi connectivity index (χ3v) is 4.24.